The molecular formula is C24H31FN6O. The highest BCUT2D eigenvalue weighted by Crippen LogP contribution is 2.24. The maximum Gasteiger partial charge on any atom is 0.191 e. The number of furan rings is 1. The molecule has 1 saturated heterocycles. The number of nitrogens with zero attached hydrogens (tertiary/aromatic N) is 4. The van der Waals surface area contributed by atoms with Crippen molar-refractivity contribution in [2.24, 2.45) is 4.99 Å². The van der Waals surface area contributed by atoms with Crippen molar-refractivity contribution in [1.29, 1.82) is 0 Å². The van der Waals surface area contributed by atoms with Gasteiger partial charge in [0.1, 0.15) is 17.4 Å². The van der Waals surface area contributed by atoms with E-state index < -0.39 is 0 Å². The van der Waals surface area contributed by atoms with Gasteiger partial charge in [0.2, 0.25) is 0 Å². The number of halogens is 1. The van der Waals surface area contributed by atoms with Crippen LogP contribution in [0.3, 0.4) is 0 Å². The molecule has 1 atom stereocenters. The van der Waals surface area contributed by atoms with Crippen LogP contribution in [-0.4, -0.2) is 47.1 Å². The molecular weight excluding hydrogens is 407 g/mol. The highest BCUT2D eigenvalue weighted by atomic mass is 19.1. The monoisotopic (exact) mass is 438 g/mol. The van der Waals surface area contributed by atoms with Crippen molar-refractivity contribution >= 4 is 5.96 Å². The molecule has 0 bridgehead atoms. The van der Waals surface area contributed by atoms with Crippen molar-refractivity contribution in [3.05, 3.63) is 72.0 Å². The van der Waals surface area contributed by atoms with Crippen molar-refractivity contribution in [3.63, 3.8) is 0 Å². The van der Waals surface area contributed by atoms with Gasteiger partial charge < -0.3 is 19.6 Å². The average molecular weight is 439 g/mol. The van der Waals surface area contributed by atoms with Gasteiger partial charge in [0.15, 0.2) is 5.96 Å². The predicted molar refractivity (Wildman–Crippen MR) is 123 cm³/mol. The van der Waals surface area contributed by atoms with Gasteiger partial charge in [-0.05, 0) is 62.7 Å². The molecule has 0 amide bonds. The second-order valence-corrected chi connectivity index (χ2v) is 8.06. The topological polar surface area (TPSA) is 70.6 Å². The molecule has 0 saturated carbocycles. The molecule has 2 N–H and O–H groups in total. The molecule has 4 rings (SSSR count). The number of hydrogen-bond donors (Lipinski definition) is 2. The summed E-state index contributed by atoms with van der Waals surface area (Å²) in [6.07, 6.45) is 8.86. The lowest BCUT2D eigenvalue weighted by Gasteiger charge is -2.33. The first-order chi connectivity index (χ1) is 15.7. The molecule has 1 fully saturated rings. The molecule has 2 aromatic heterocycles. The lowest BCUT2D eigenvalue weighted by Crippen LogP contribution is -2.44. The van der Waals surface area contributed by atoms with Crippen LogP contribution in [-0.2, 0) is 6.54 Å². The van der Waals surface area contributed by atoms with Gasteiger partial charge >= 0.3 is 0 Å². The zero-order chi connectivity index (χ0) is 22.3. The van der Waals surface area contributed by atoms with Crippen LogP contribution in [0.15, 0.2) is 58.4 Å². The van der Waals surface area contributed by atoms with Crippen LogP contribution in [0.1, 0.15) is 42.5 Å². The van der Waals surface area contributed by atoms with Gasteiger partial charge in [0.25, 0.3) is 0 Å². The number of aromatic nitrogens is 2. The van der Waals surface area contributed by atoms with E-state index in [0.29, 0.717) is 24.7 Å². The Bertz CT molecular complexity index is 1020. The zero-order valence-corrected chi connectivity index (χ0v) is 18.7. The van der Waals surface area contributed by atoms with Crippen molar-refractivity contribution < 1.29 is 8.81 Å². The minimum absolute atomic E-state index is 0.152. The van der Waals surface area contributed by atoms with E-state index in [4.69, 9.17) is 4.42 Å². The van der Waals surface area contributed by atoms with Crippen molar-refractivity contribution in [1.82, 2.24) is 25.1 Å². The maximum atomic E-state index is 14.7. The number of piperidine rings is 1. The van der Waals surface area contributed by atoms with Gasteiger partial charge in [-0.25, -0.2) is 9.37 Å². The van der Waals surface area contributed by atoms with Crippen LogP contribution in [0.4, 0.5) is 4.39 Å². The third-order valence-corrected chi connectivity index (χ3v) is 5.95. The molecule has 0 aliphatic carbocycles. The van der Waals surface area contributed by atoms with E-state index in [-0.39, 0.29) is 11.9 Å². The minimum atomic E-state index is -0.281. The molecule has 1 aliphatic rings. The van der Waals surface area contributed by atoms with Crippen LogP contribution in [0.5, 0.6) is 0 Å². The SMILES string of the molecule is CN=C(NCc1ccc(-n2ccnc2C)c(F)c1)NCC(c1ccco1)N1CCCCC1. The molecule has 0 spiro atoms. The lowest BCUT2D eigenvalue weighted by molar-refractivity contribution is 0.146. The van der Waals surface area contributed by atoms with Crippen molar-refractivity contribution in [2.45, 2.75) is 38.8 Å². The van der Waals surface area contributed by atoms with E-state index in [1.165, 1.54) is 19.3 Å². The minimum Gasteiger partial charge on any atom is -0.468 e. The molecule has 0 radical (unpaired) electrons. The largest absolute Gasteiger partial charge is 0.468 e. The van der Waals surface area contributed by atoms with E-state index >= 15 is 0 Å². The first-order valence-electron chi connectivity index (χ1n) is 11.2. The number of likely N-dealkylation sites (tertiary alicyclic amines) is 1. The Morgan fingerprint density at radius 1 is 1.22 bits per heavy atom. The molecule has 3 aromatic rings. The number of hydrogen-bond acceptors (Lipinski definition) is 4. The highest BCUT2D eigenvalue weighted by molar-refractivity contribution is 5.79. The summed E-state index contributed by atoms with van der Waals surface area (Å²) in [5.41, 5.74) is 1.33. The van der Waals surface area contributed by atoms with E-state index in [9.17, 15) is 4.39 Å². The Kier molecular flexibility index (Phi) is 7.21. The quantitative estimate of drug-likeness (QED) is 0.434. The van der Waals surface area contributed by atoms with Crippen LogP contribution in [0.2, 0.25) is 0 Å². The molecule has 32 heavy (non-hydrogen) atoms. The summed E-state index contributed by atoms with van der Waals surface area (Å²) in [4.78, 5) is 11.0. The van der Waals surface area contributed by atoms with Gasteiger partial charge in [0, 0.05) is 32.5 Å². The first kappa shape index (κ1) is 22.1. The summed E-state index contributed by atoms with van der Waals surface area (Å²) in [6, 6.07) is 9.36. The molecule has 170 valence electrons. The van der Waals surface area contributed by atoms with E-state index in [2.05, 4.69) is 25.5 Å². The Labute approximate surface area is 188 Å². The van der Waals surface area contributed by atoms with Gasteiger partial charge in [0.05, 0.1) is 18.0 Å². The fraction of sp³-hybridized carbons (Fsp3) is 0.417. The van der Waals surface area contributed by atoms with Crippen LogP contribution in [0, 0.1) is 12.7 Å². The van der Waals surface area contributed by atoms with E-state index in [1.54, 1.807) is 42.4 Å². The Morgan fingerprint density at radius 3 is 2.72 bits per heavy atom. The summed E-state index contributed by atoms with van der Waals surface area (Å²) >= 11 is 0. The fourth-order valence-electron chi connectivity index (χ4n) is 4.21. The van der Waals surface area contributed by atoms with Crippen LogP contribution >= 0.6 is 0 Å². The molecule has 1 aromatic carbocycles. The molecule has 1 aliphatic heterocycles. The number of nitrogens with one attached hydrogen (secondary N) is 2. The third-order valence-electron chi connectivity index (χ3n) is 5.95. The number of imidazole rings is 1. The molecule has 1 unspecified atom stereocenters. The van der Waals surface area contributed by atoms with Crippen LogP contribution in [0.25, 0.3) is 5.69 Å². The standard InChI is InChI=1S/C24H31FN6O/c1-18-27-10-13-31(18)21-9-8-19(15-20(21)25)16-28-24(26-2)29-17-22(23-7-6-14-32-23)30-11-4-3-5-12-30/h6-10,13-15,22H,3-5,11-12,16-17H2,1-2H3,(H2,26,28,29). The molecule has 7 nitrogen and oxygen atoms in total. The van der Waals surface area contributed by atoms with E-state index in [0.717, 1.165) is 30.2 Å². The number of rotatable bonds is 7. The summed E-state index contributed by atoms with van der Waals surface area (Å²) < 4.78 is 22.1. The van der Waals surface area contributed by atoms with Gasteiger partial charge in [-0.15, -0.1) is 0 Å². The number of aliphatic imine (C=N–C) groups is 1. The summed E-state index contributed by atoms with van der Waals surface area (Å²) in [5.74, 6) is 2.10. The summed E-state index contributed by atoms with van der Waals surface area (Å²) in [5, 5.41) is 6.70. The molecule has 8 heteroatoms. The third kappa shape index (κ3) is 5.19. The second kappa shape index (κ2) is 10.5. The maximum absolute atomic E-state index is 14.7. The van der Waals surface area contributed by atoms with Crippen molar-refractivity contribution in [3.8, 4) is 5.69 Å². The van der Waals surface area contributed by atoms with Crippen molar-refractivity contribution in [2.75, 3.05) is 26.7 Å². The smallest absolute Gasteiger partial charge is 0.191 e. The summed E-state index contributed by atoms with van der Waals surface area (Å²) in [7, 11) is 1.74. The van der Waals surface area contributed by atoms with Gasteiger partial charge in [-0.2, -0.15) is 0 Å². The highest BCUT2D eigenvalue weighted by Gasteiger charge is 2.24. The number of guanidine groups is 1. The van der Waals surface area contributed by atoms with Gasteiger partial charge in [-0.1, -0.05) is 12.5 Å². The zero-order valence-electron chi connectivity index (χ0n) is 18.7. The second-order valence-electron chi connectivity index (χ2n) is 8.06. The number of aryl methyl sites for hydroxylation is 1. The van der Waals surface area contributed by atoms with Gasteiger partial charge in [-0.3, -0.25) is 9.89 Å². The lowest BCUT2D eigenvalue weighted by atomic mass is 10.1. The normalized spacial score (nSPS) is 16.2. The Balaban J connectivity index is 1.36. The molecule has 3 heterocycles. The van der Waals surface area contributed by atoms with Crippen LogP contribution < -0.4 is 10.6 Å². The fourth-order valence-corrected chi connectivity index (χ4v) is 4.21. The first-order valence-corrected chi connectivity index (χ1v) is 11.2. The van der Waals surface area contributed by atoms with E-state index in [1.807, 2.05) is 25.1 Å². The Hall–Kier alpha value is -3.13. The number of benzene rings is 1. The Morgan fingerprint density at radius 2 is 2.06 bits per heavy atom. The summed E-state index contributed by atoms with van der Waals surface area (Å²) in [6.45, 7) is 5.14. The average Bonchev–Trinajstić information content (AvgIpc) is 3.49. The predicted octanol–water partition coefficient (Wildman–Crippen LogP) is 3.81.